The van der Waals surface area contributed by atoms with Crippen LogP contribution in [0.1, 0.15) is 10.4 Å². The first kappa shape index (κ1) is 19.1. The van der Waals surface area contributed by atoms with Crippen LogP contribution in [0.2, 0.25) is 0 Å². The van der Waals surface area contributed by atoms with Crippen molar-refractivity contribution in [1.29, 1.82) is 0 Å². The summed E-state index contributed by atoms with van der Waals surface area (Å²) >= 11 is 4.91. The number of rotatable bonds is 6. The van der Waals surface area contributed by atoms with Gasteiger partial charge in [-0.2, -0.15) is 0 Å². The number of halogens is 1. The second kappa shape index (κ2) is 8.83. The molecule has 7 heteroatoms. The first-order chi connectivity index (χ1) is 13.1. The highest BCUT2D eigenvalue weighted by atomic mass is 79.9. The number of nitrogens with one attached hydrogen (secondary N) is 1. The van der Waals surface area contributed by atoms with Crippen molar-refractivity contribution in [2.24, 2.45) is 5.10 Å². The van der Waals surface area contributed by atoms with Crippen LogP contribution in [0.4, 0.5) is 0 Å². The Hall–Kier alpha value is -2.64. The molecule has 0 aliphatic carbocycles. The minimum absolute atomic E-state index is 0.276. The first-order valence-electron chi connectivity index (χ1n) is 8.15. The van der Waals surface area contributed by atoms with Crippen molar-refractivity contribution in [3.05, 3.63) is 81.4 Å². The van der Waals surface area contributed by atoms with Gasteiger partial charge in [0, 0.05) is 22.0 Å². The van der Waals surface area contributed by atoms with Gasteiger partial charge in [0.25, 0.3) is 5.91 Å². The van der Waals surface area contributed by atoms with E-state index in [4.69, 9.17) is 4.74 Å². The third-order valence-electron chi connectivity index (χ3n) is 3.85. The number of ether oxygens (including phenoxy) is 1. The van der Waals surface area contributed by atoms with Crippen molar-refractivity contribution in [2.75, 3.05) is 7.11 Å². The van der Waals surface area contributed by atoms with Crippen molar-refractivity contribution < 1.29 is 9.53 Å². The molecule has 0 unspecified atom stereocenters. The van der Waals surface area contributed by atoms with Crippen molar-refractivity contribution >= 4 is 33.2 Å². The summed E-state index contributed by atoms with van der Waals surface area (Å²) in [6.07, 6.45) is 1.80. The monoisotopic (exact) mass is 443 g/mol. The van der Waals surface area contributed by atoms with Crippen LogP contribution in [0.25, 0.3) is 11.3 Å². The van der Waals surface area contributed by atoms with Crippen LogP contribution in [0, 0.1) is 0 Å². The molecule has 1 aromatic heterocycles. The molecule has 0 radical (unpaired) electrons. The molecular formula is C20H18BrN3O2S. The summed E-state index contributed by atoms with van der Waals surface area (Å²) in [6, 6.07) is 14.9. The quantitative estimate of drug-likeness (QED) is 0.452. The molecule has 3 rings (SSSR count). The number of hydrogen-bond acceptors (Lipinski definition) is 4. The Bertz CT molecular complexity index is 1000. The lowest BCUT2D eigenvalue weighted by Gasteiger charge is -2.07. The van der Waals surface area contributed by atoms with E-state index in [0.717, 1.165) is 15.7 Å². The number of allylic oxidation sites excluding steroid dienone is 1. The number of nitrogens with zero attached hydrogens (tertiary/aromatic N) is 2. The second-order valence-electron chi connectivity index (χ2n) is 5.59. The Kier molecular flexibility index (Phi) is 6.26. The number of thiazole rings is 1. The summed E-state index contributed by atoms with van der Waals surface area (Å²) in [7, 11) is 1.59. The number of benzene rings is 2. The van der Waals surface area contributed by atoms with Crippen LogP contribution < -0.4 is 15.0 Å². The predicted molar refractivity (Wildman–Crippen MR) is 112 cm³/mol. The van der Waals surface area contributed by atoms with E-state index in [1.54, 1.807) is 37.5 Å². The molecule has 0 aliphatic rings. The van der Waals surface area contributed by atoms with Gasteiger partial charge < -0.3 is 9.30 Å². The number of aromatic nitrogens is 1. The van der Waals surface area contributed by atoms with Crippen LogP contribution in [-0.4, -0.2) is 17.6 Å². The van der Waals surface area contributed by atoms with Gasteiger partial charge in [-0.25, -0.2) is 5.43 Å². The van der Waals surface area contributed by atoms with E-state index in [-0.39, 0.29) is 5.91 Å². The van der Waals surface area contributed by atoms with Crippen LogP contribution in [-0.2, 0) is 6.54 Å². The van der Waals surface area contributed by atoms with Crippen LogP contribution in [0.3, 0.4) is 0 Å². The number of hydrogen-bond donors (Lipinski definition) is 1. The highest BCUT2D eigenvalue weighted by Gasteiger charge is 2.09. The maximum atomic E-state index is 12.3. The third kappa shape index (κ3) is 4.56. The first-order valence-corrected chi connectivity index (χ1v) is 9.83. The molecule has 2 aromatic carbocycles. The van der Waals surface area contributed by atoms with Gasteiger partial charge >= 0.3 is 0 Å². The van der Waals surface area contributed by atoms with E-state index in [1.807, 2.05) is 34.2 Å². The van der Waals surface area contributed by atoms with Gasteiger partial charge in [-0.3, -0.25) is 4.79 Å². The Morgan fingerprint density at radius 3 is 2.59 bits per heavy atom. The zero-order valence-corrected chi connectivity index (χ0v) is 17.1. The molecule has 5 nitrogen and oxygen atoms in total. The van der Waals surface area contributed by atoms with Crippen molar-refractivity contribution in [2.45, 2.75) is 6.54 Å². The van der Waals surface area contributed by atoms with E-state index in [2.05, 4.69) is 33.0 Å². The van der Waals surface area contributed by atoms with Crippen molar-refractivity contribution in [3.63, 3.8) is 0 Å². The molecule has 1 amide bonds. The molecular weight excluding hydrogens is 426 g/mol. The lowest BCUT2D eigenvalue weighted by Crippen LogP contribution is -2.24. The summed E-state index contributed by atoms with van der Waals surface area (Å²) in [4.78, 5) is 13.0. The third-order valence-corrected chi connectivity index (χ3v) is 5.25. The topological polar surface area (TPSA) is 55.6 Å². The minimum atomic E-state index is -0.276. The van der Waals surface area contributed by atoms with E-state index in [1.165, 1.54) is 11.3 Å². The molecule has 1 heterocycles. The van der Waals surface area contributed by atoms with Gasteiger partial charge in [0.15, 0.2) is 0 Å². The van der Waals surface area contributed by atoms with E-state index >= 15 is 0 Å². The van der Waals surface area contributed by atoms with Crippen molar-refractivity contribution in [3.8, 4) is 17.0 Å². The van der Waals surface area contributed by atoms with Crippen LogP contribution in [0.5, 0.6) is 5.75 Å². The number of carbonyl (C=O) groups excluding carboxylic acids is 1. The predicted octanol–water partition coefficient (Wildman–Crippen LogP) is 4.42. The zero-order chi connectivity index (χ0) is 19.2. The SMILES string of the molecule is C=CCn1c(-c2ccc(Br)cc2)cs/c1=N/NC(=O)c1ccc(OC)cc1. The second-order valence-corrected chi connectivity index (χ2v) is 7.34. The molecule has 27 heavy (non-hydrogen) atoms. The van der Waals surface area contributed by atoms with E-state index in [9.17, 15) is 4.79 Å². The Labute approximate surface area is 169 Å². The fraction of sp³-hybridized carbons (Fsp3) is 0.100. The molecule has 0 saturated heterocycles. The number of methoxy groups -OCH3 is 1. The molecule has 0 saturated carbocycles. The Morgan fingerprint density at radius 2 is 1.96 bits per heavy atom. The lowest BCUT2D eigenvalue weighted by atomic mass is 10.2. The highest BCUT2D eigenvalue weighted by molar-refractivity contribution is 9.10. The molecule has 0 aliphatic heterocycles. The number of carbonyl (C=O) groups is 1. The average Bonchev–Trinajstić information content (AvgIpc) is 3.09. The lowest BCUT2D eigenvalue weighted by molar-refractivity contribution is 0.0953. The maximum Gasteiger partial charge on any atom is 0.271 e. The molecule has 0 fully saturated rings. The Balaban J connectivity index is 1.87. The van der Waals surface area contributed by atoms with E-state index in [0.29, 0.717) is 22.7 Å². The average molecular weight is 444 g/mol. The van der Waals surface area contributed by atoms with Gasteiger partial charge in [-0.05, 0) is 42.0 Å². The van der Waals surface area contributed by atoms with Crippen LogP contribution in [0.15, 0.2) is 76.1 Å². The molecule has 0 spiro atoms. The normalized spacial score (nSPS) is 11.3. The summed E-state index contributed by atoms with van der Waals surface area (Å²) in [5.41, 5.74) is 5.22. The fourth-order valence-corrected chi connectivity index (χ4v) is 3.62. The summed E-state index contributed by atoms with van der Waals surface area (Å²) in [5.74, 6) is 0.422. The highest BCUT2D eigenvalue weighted by Crippen LogP contribution is 2.22. The number of amides is 1. The minimum Gasteiger partial charge on any atom is -0.497 e. The molecule has 0 atom stereocenters. The van der Waals surface area contributed by atoms with Gasteiger partial charge in [0.2, 0.25) is 4.80 Å². The molecule has 3 aromatic rings. The van der Waals surface area contributed by atoms with Gasteiger partial charge in [-0.1, -0.05) is 34.1 Å². The van der Waals surface area contributed by atoms with Crippen molar-refractivity contribution in [1.82, 2.24) is 9.99 Å². The van der Waals surface area contributed by atoms with Gasteiger partial charge in [0.05, 0.1) is 12.8 Å². The Morgan fingerprint density at radius 1 is 1.26 bits per heavy atom. The maximum absolute atomic E-state index is 12.3. The summed E-state index contributed by atoms with van der Waals surface area (Å²) < 4.78 is 8.13. The summed E-state index contributed by atoms with van der Waals surface area (Å²) in [5, 5.41) is 6.32. The largest absolute Gasteiger partial charge is 0.497 e. The zero-order valence-electron chi connectivity index (χ0n) is 14.7. The fourth-order valence-electron chi connectivity index (χ4n) is 2.48. The van der Waals surface area contributed by atoms with Crippen LogP contribution >= 0.6 is 27.3 Å². The van der Waals surface area contributed by atoms with E-state index < -0.39 is 0 Å². The van der Waals surface area contributed by atoms with Gasteiger partial charge in [0.1, 0.15) is 5.75 Å². The smallest absolute Gasteiger partial charge is 0.271 e. The van der Waals surface area contributed by atoms with Gasteiger partial charge in [-0.15, -0.1) is 23.0 Å². The summed E-state index contributed by atoms with van der Waals surface area (Å²) in [6.45, 7) is 4.41. The molecule has 1 N–H and O–H groups in total. The standard InChI is InChI=1S/C20H18BrN3O2S/c1-3-12-24-18(14-4-8-16(21)9-5-14)13-27-20(24)23-22-19(25)15-6-10-17(26-2)11-7-15/h3-11,13H,1,12H2,2H3,(H,22,25)/b23-20+. The molecule has 0 bridgehead atoms. The molecule has 138 valence electrons.